The molecular weight excluding hydrogens is 308 g/mol. The number of ether oxygens (including phenoxy) is 1. The highest BCUT2D eigenvalue weighted by Gasteiger charge is 2.19. The van der Waals surface area contributed by atoms with Gasteiger partial charge in [-0.25, -0.2) is 0 Å². The predicted octanol–water partition coefficient (Wildman–Crippen LogP) is 3.37. The number of nitrogens with one attached hydrogen (secondary N) is 1. The SMILES string of the molecule is Cc1cc(C(=O)NCC2CCCOC2)c(C)n1Cc1cccs1. The highest BCUT2D eigenvalue weighted by Crippen LogP contribution is 2.19. The minimum absolute atomic E-state index is 0.0288. The minimum atomic E-state index is 0.0288. The zero-order valence-electron chi connectivity index (χ0n) is 13.8. The fourth-order valence-electron chi connectivity index (χ4n) is 3.13. The molecule has 124 valence electrons. The number of aromatic nitrogens is 1. The number of thiophene rings is 1. The second-order valence-electron chi connectivity index (χ2n) is 6.24. The Hall–Kier alpha value is -1.59. The van der Waals surface area contributed by atoms with Gasteiger partial charge in [0.1, 0.15) is 0 Å². The predicted molar refractivity (Wildman–Crippen MR) is 93.2 cm³/mol. The quantitative estimate of drug-likeness (QED) is 0.912. The molecule has 1 saturated heterocycles. The highest BCUT2D eigenvalue weighted by molar-refractivity contribution is 7.09. The summed E-state index contributed by atoms with van der Waals surface area (Å²) in [5.41, 5.74) is 2.95. The summed E-state index contributed by atoms with van der Waals surface area (Å²) >= 11 is 1.75. The largest absolute Gasteiger partial charge is 0.381 e. The average molecular weight is 332 g/mol. The molecule has 0 aliphatic carbocycles. The zero-order valence-corrected chi connectivity index (χ0v) is 14.6. The van der Waals surface area contributed by atoms with E-state index in [1.54, 1.807) is 11.3 Å². The van der Waals surface area contributed by atoms with Crippen molar-refractivity contribution in [3.05, 3.63) is 45.4 Å². The van der Waals surface area contributed by atoms with E-state index in [-0.39, 0.29) is 5.91 Å². The van der Waals surface area contributed by atoms with E-state index in [0.717, 1.165) is 49.6 Å². The molecule has 1 atom stereocenters. The molecule has 23 heavy (non-hydrogen) atoms. The molecule has 0 radical (unpaired) electrons. The van der Waals surface area contributed by atoms with Crippen molar-refractivity contribution in [3.8, 4) is 0 Å². The fourth-order valence-corrected chi connectivity index (χ4v) is 3.83. The number of aryl methyl sites for hydroxylation is 1. The lowest BCUT2D eigenvalue weighted by Crippen LogP contribution is -2.33. The molecule has 1 aliphatic rings. The molecule has 1 amide bonds. The van der Waals surface area contributed by atoms with Gasteiger partial charge in [0.2, 0.25) is 0 Å². The molecule has 3 rings (SSSR count). The summed E-state index contributed by atoms with van der Waals surface area (Å²) in [6.45, 7) is 7.24. The summed E-state index contributed by atoms with van der Waals surface area (Å²) in [5.74, 6) is 0.475. The van der Waals surface area contributed by atoms with Crippen LogP contribution in [0.3, 0.4) is 0 Å². The van der Waals surface area contributed by atoms with Gasteiger partial charge in [0.25, 0.3) is 5.91 Å². The normalized spacial score (nSPS) is 18.1. The van der Waals surface area contributed by atoms with Gasteiger partial charge in [-0.3, -0.25) is 4.79 Å². The van der Waals surface area contributed by atoms with Gasteiger partial charge >= 0.3 is 0 Å². The van der Waals surface area contributed by atoms with Gasteiger partial charge in [0.15, 0.2) is 0 Å². The smallest absolute Gasteiger partial charge is 0.253 e. The number of rotatable bonds is 5. The molecule has 0 aromatic carbocycles. The van der Waals surface area contributed by atoms with E-state index in [1.807, 2.05) is 13.0 Å². The number of carbonyl (C=O) groups excluding carboxylic acids is 1. The Kier molecular flexibility index (Phi) is 5.18. The van der Waals surface area contributed by atoms with Crippen LogP contribution in [0.25, 0.3) is 0 Å². The van der Waals surface area contributed by atoms with E-state index in [4.69, 9.17) is 4.74 Å². The van der Waals surface area contributed by atoms with E-state index in [1.165, 1.54) is 4.88 Å². The molecule has 1 aliphatic heterocycles. The van der Waals surface area contributed by atoms with E-state index in [2.05, 4.69) is 34.3 Å². The van der Waals surface area contributed by atoms with Crippen LogP contribution in [0.5, 0.6) is 0 Å². The van der Waals surface area contributed by atoms with Gasteiger partial charge in [-0.15, -0.1) is 11.3 Å². The van der Waals surface area contributed by atoms with Crippen molar-refractivity contribution in [1.82, 2.24) is 9.88 Å². The molecule has 1 unspecified atom stereocenters. The van der Waals surface area contributed by atoms with Crippen LogP contribution in [0.2, 0.25) is 0 Å². The third-order valence-corrected chi connectivity index (χ3v) is 5.38. The Bertz CT molecular complexity index is 655. The van der Waals surface area contributed by atoms with Crippen molar-refractivity contribution >= 4 is 17.2 Å². The van der Waals surface area contributed by atoms with Crippen LogP contribution in [0.4, 0.5) is 0 Å². The molecule has 0 saturated carbocycles. The molecule has 2 aromatic heterocycles. The number of carbonyl (C=O) groups is 1. The Morgan fingerprint density at radius 1 is 1.48 bits per heavy atom. The van der Waals surface area contributed by atoms with Crippen LogP contribution < -0.4 is 5.32 Å². The van der Waals surface area contributed by atoms with E-state index in [9.17, 15) is 4.79 Å². The second-order valence-corrected chi connectivity index (χ2v) is 7.28. The van der Waals surface area contributed by atoms with Gasteiger partial charge in [-0.05, 0) is 50.1 Å². The maximum absolute atomic E-state index is 12.5. The summed E-state index contributed by atoms with van der Waals surface area (Å²) < 4.78 is 7.68. The zero-order chi connectivity index (χ0) is 16.2. The molecule has 1 N–H and O–H groups in total. The number of hydrogen-bond donors (Lipinski definition) is 1. The monoisotopic (exact) mass is 332 g/mol. The number of nitrogens with zero attached hydrogens (tertiary/aromatic N) is 1. The van der Waals surface area contributed by atoms with Crippen molar-refractivity contribution in [2.24, 2.45) is 5.92 Å². The van der Waals surface area contributed by atoms with Crippen LogP contribution in [0.15, 0.2) is 23.6 Å². The first-order chi connectivity index (χ1) is 11.1. The van der Waals surface area contributed by atoms with Crippen LogP contribution in [0.1, 0.15) is 39.5 Å². The molecular formula is C18H24N2O2S. The summed E-state index contributed by atoms with van der Waals surface area (Å²) in [6, 6.07) is 6.19. The highest BCUT2D eigenvalue weighted by atomic mass is 32.1. The van der Waals surface area contributed by atoms with Gasteiger partial charge in [0.05, 0.1) is 18.7 Å². The van der Waals surface area contributed by atoms with Crippen molar-refractivity contribution in [2.45, 2.75) is 33.2 Å². The molecule has 1 fully saturated rings. The van der Waals surface area contributed by atoms with Crippen LogP contribution >= 0.6 is 11.3 Å². The Balaban J connectivity index is 1.66. The summed E-state index contributed by atoms with van der Waals surface area (Å²) in [4.78, 5) is 13.8. The van der Waals surface area contributed by atoms with E-state index >= 15 is 0 Å². The molecule has 2 aromatic rings. The summed E-state index contributed by atoms with van der Waals surface area (Å²) in [5, 5.41) is 5.17. The summed E-state index contributed by atoms with van der Waals surface area (Å²) in [6.07, 6.45) is 2.23. The molecule has 4 nitrogen and oxygen atoms in total. The van der Waals surface area contributed by atoms with Gasteiger partial charge in [0, 0.05) is 29.4 Å². The van der Waals surface area contributed by atoms with Gasteiger partial charge < -0.3 is 14.6 Å². The van der Waals surface area contributed by atoms with Crippen molar-refractivity contribution in [1.29, 1.82) is 0 Å². The Labute approximate surface area is 141 Å². The standard InChI is InChI=1S/C18H24N2O2S/c1-13-9-17(14(2)20(13)11-16-6-4-8-23-16)18(21)19-10-15-5-3-7-22-12-15/h4,6,8-9,15H,3,5,7,10-12H2,1-2H3,(H,19,21). The third-order valence-electron chi connectivity index (χ3n) is 4.52. The average Bonchev–Trinajstić information content (AvgIpc) is 3.17. The third kappa shape index (κ3) is 3.85. The summed E-state index contributed by atoms with van der Waals surface area (Å²) in [7, 11) is 0. The van der Waals surface area contributed by atoms with Gasteiger partial charge in [-0.2, -0.15) is 0 Å². The first kappa shape index (κ1) is 16.3. The van der Waals surface area contributed by atoms with Crippen molar-refractivity contribution < 1.29 is 9.53 Å². The molecule has 5 heteroatoms. The molecule has 3 heterocycles. The lowest BCUT2D eigenvalue weighted by atomic mass is 10.0. The lowest BCUT2D eigenvalue weighted by molar-refractivity contribution is 0.0536. The van der Waals surface area contributed by atoms with Crippen LogP contribution in [0, 0.1) is 19.8 Å². The van der Waals surface area contributed by atoms with Crippen molar-refractivity contribution in [3.63, 3.8) is 0 Å². The fraction of sp³-hybridized carbons (Fsp3) is 0.500. The first-order valence-corrected chi connectivity index (χ1v) is 9.08. The molecule has 0 spiro atoms. The maximum atomic E-state index is 12.5. The Morgan fingerprint density at radius 3 is 3.04 bits per heavy atom. The molecule has 0 bridgehead atoms. The van der Waals surface area contributed by atoms with Gasteiger partial charge in [-0.1, -0.05) is 6.07 Å². The lowest BCUT2D eigenvalue weighted by Gasteiger charge is -2.22. The number of amides is 1. The second kappa shape index (κ2) is 7.32. The maximum Gasteiger partial charge on any atom is 0.253 e. The number of hydrogen-bond acceptors (Lipinski definition) is 3. The van der Waals surface area contributed by atoms with Crippen molar-refractivity contribution in [2.75, 3.05) is 19.8 Å². The first-order valence-electron chi connectivity index (χ1n) is 8.20. The van der Waals surface area contributed by atoms with E-state index in [0.29, 0.717) is 12.5 Å². The van der Waals surface area contributed by atoms with Crippen LogP contribution in [-0.2, 0) is 11.3 Å². The Morgan fingerprint density at radius 2 is 2.35 bits per heavy atom. The van der Waals surface area contributed by atoms with Crippen LogP contribution in [-0.4, -0.2) is 30.2 Å². The minimum Gasteiger partial charge on any atom is -0.381 e. The topological polar surface area (TPSA) is 43.3 Å². The van der Waals surface area contributed by atoms with E-state index < -0.39 is 0 Å².